The number of rotatable bonds is 10. The molecule has 2 amide bonds. The molecule has 2 aromatic rings. The molecule has 1 saturated carbocycles. The number of piperazine rings is 1. The van der Waals surface area contributed by atoms with E-state index < -0.39 is 0 Å². The third kappa shape index (κ3) is 6.55. The molecule has 1 heterocycles. The Morgan fingerprint density at radius 2 is 1.57 bits per heavy atom. The van der Waals surface area contributed by atoms with Gasteiger partial charge in [0.25, 0.3) is 5.91 Å². The minimum Gasteiger partial charge on any atom is -0.497 e. The van der Waals surface area contributed by atoms with Gasteiger partial charge in [-0.05, 0) is 61.1 Å². The lowest BCUT2D eigenvalue weighted by atomic mass is 9.94. The zero-order chi connectivity index (χ0) is 26.2. The Labute approximate surface area is 219 Å². The lowest BCUT2D eigenvalue weighted by molar-refractivity contribution is -0.129. The number of benzene rings is 2. The highest BCUT2D eigenvalue weighted by atomic mass is 16.5. The molecule has 8 nitrogen and oxygen atoms in total. The van der Waals surface area contributed by atoms with Crippen LogP contribution < -0.4 is 19.5 Å². The molecular formula is C29H39N3O5. The van der Waals surface area contributed by atoms with E-state index in [0.717, 1.165) is 25.0 Å². The number of carbonyl (C=O) groups excluding carboxylic acids is 2. The summed E-state index contributed by atoms with van der Waals surface area (Å²) in [4.78, 5) is 30.7. The fourth-order valence-corrected chi connectivity index (χ4v) is 5.53. The first-order chi connectivity index (χ1) is 18.0. The fourth-order valence-electron chi connectivity index (χ4n) is 5.53. The largest absolute Gasteiger partial charge is 0.497 e. The van der Waals surface area contributed by atoms with E-state index in [1.165, 1.54) is 18.4 Å². The SMILES string of the molecule is COc1ccc(CCNC(=O)C(C2CCCC2)N2CCN(C(=O)c3ccc(OC)c(OC)c3)CC2)cc1. The molecule has 200 valence electrons. The first-order valence-electron chi connectivity index (χ1n) is 13.2. The lowest BCUT2D eigenvalue weighted by Crippen LogP contribution is -2.58. The molecular weight excluding hydrogens is 470 g/mol. The second-order valence-corrected chi connectivity index (χ2v) is 9.78. The molecule has 1 unspecified atom stereocenters. The van der Waals surface area contributed by atoms with E-state index in [4.69, 9.17) is 14.2 Å². The molecule has 0 aromatic heterocycles. The smallest absolute Gasteiger partial charge is 0.254 e. The van der Waals surface area contributed by atoms with Crippen LogP contribution in [-0.2, 0) is 11.2 Å². The van der Waals surface area contributed by atoms with Gasteiger partial charge in [0, 0.05) is 38.3 Å². The van der Waals surface area contributed by atoms with Gasteiger partial charge in [-0.3, -0.25) is 14.5 Å². The molecule has 1 atom stereocenters. The quantitative estimate of drug-likeness (QED) is 0.529. The zero-order valence-corrected chi connectivity index (χ0v) is 22.2. The van der Waals surface area contributed by atoms with Gasteiger partial charge in [-0.1, -0.05) is 25.0 Å². The Balaban J connectivity index is 1.35. The summed E-state index contributed by atoms with van der Waals surface area (Å²) in [6, 6.07) is 13.1. The van der Waals surface area contributed by atoms with E-state index in [1.54, 1.807) is 39.5 Å². The first kappa shape index (κ1) is 26.8. The topological polar surface area (TPSA) is 80.3 Å². The molecule has 0 radical (unpaired) electrons. The molecule has 2 fully saturated rings. The van der Waals surface area contributed by atoms with Gasteiger partial charge in [0.2, 0.25) is 5.91 Å². The molecule has 37 heavy (non-hydrogen) atoms. The summed E-state index contributed by atoms with van der Waals surface area (Å²) in [5.74, 6) is 2.43. The summed E-state index contributed by atoms with van der Waals surface area (Å²) >= 11 is 0. The number of carbonyl (C=O) groups is 2. The van der Waals surface area contributed by atoms with Crippen LogP contribution in [0.15, 0.2) is 42.5 Å². The number of nitrogens with one attached hydrogen (secondary N) is 1. The molecule has 1 aliphatic heterocycles. The Kier molecular flexibility index (Phi) is 9.28. The summed E-state index contributed by atoms with van der Waals surface area (Å²) in [7, 11) is 4.80. The second kappa shape index (κ2) is 12.8. The first-order valence-corrected chi connectivity index (χ1v) is 13.2. The minimum absolute atomic E-state index is 0.0260. The van der Waals surface area contributed by atoms with Crippen LogP contribution in [0.2, 0.25) is 0 Å². The predicted molar refractivity (Wildman–Crippen MR) is 142 cm³/mol. The zero-order valence-electron chi connectivity index (χ0n) is 22.2. The number of methoxy groups -OCH3 is 3. The summed E-state index contributed by atoms with van der Waals surface area (Å²) in [6.45, 7) is 3.16. The highest BCUT2D eigenvalue weighted by Gasteiger charge is 2.37. The van der Waals surface area contributed by atoms with Crippen LogP contribution >= 0.6 is 0 Å². The average Bonchev–Trinajstić information content (AvgIpc) is 3.47. The van der Waals surface area contributed by atoms with Gasteiger partial charge >= 0.3 is 0 Å². The summed E-state index contributed by atoms with van der Waals surface area (Å²) in [5.41, 5.74) is 1.75. The standard InChI is InChI=1S/C29H39N3O5/c1-35-24-11-8-21(9-12-24)14-15-30-28(33)27(22-6-4-5-7-22)31-16-18-32(19-17-31)29(34)23-10-13-25(36-2)26(20-23)37-3/h8-13,20,22,27H,4-7,14-19H2,1-3H3,(H,30,33). The van der Waals surface area contributed by atoms with Crippen molar-refractivity contribution >= 4 is 11.8 Å². The Morgan fingerprint density at radius 3 is 2.19 bits per heavy atom. The van der Waals surface area contributed by atoms with Gasteiger partial charge < -0.3 is 24.4 Å². The van der Waals surface area contributed by atoms with E-state index in [2.05, 4.69) is 10.2 Å². The lowest BCUT2D eigenvalue weighted by Gasteiger charge is -2.40. The van der Waals surface area contributed by atoms with Crippen molar-refractivity contribution in [1.82, 2.24) is 15.1 Å². The molecule has 1 N–H and O–H groups in total. The van der Waals surface area contributed by atoms with Gasteiger partial charge in [0.05, 0.1) is 27.4 Å². The summed E-state index contributed by atoms with van der Waals surface area (Å²) < 4.78 is 15.9. The van der Waals surface area contributed by atoms with Crippen LogP contribution in [0, 0.1) is 5.92 Å². The molecule has 2 aromatic carbocycles. The highest BCUT2D eigenvalue weighted by molar-refractivity contribution is 5.95. The molecule has 1 saturated heterocycles. The van der Waals surface area contributed by atoms with Crippen molar-refractivity contribution < 1.29 is 23.8 Å². The van der Waals surface area contributed by atoms with Crippen molar-refractivity contribution in [2.45, 2.75) is 38.1 Å². The van der Waals surface area contributed by atoms with Crippen molar-refractivity contribution in [1.29, 1.82) is 0 Å². The van der Waals surface area contributed by atoms with Gasteiger partial charge in [0.15, 0.2) is 11.5 Å². The van der Waals surface area contributed by atoms with E-state index >= 15 is 0 Å². The van der Waals surface area contributed by atoms with Crippen molar-refractivity contribution in [2.75, 3.05) is 54.1 Å². The maximum Gasteiger partial charge on any atom is 0.254 e. The number of nitrogens with zero attached hydrogens (tertiary/aromatic N) is 2. The van der Waals surface area contributed by atoms with E-state index in [0.29, 0.717) is 55.7 Å². The van der Waals surface area contributed by atoms with Crippen LogP contribution in [0.25, 0.3) is 0 Å². The average molecular weight is 510 g/mol. The normalized spacial score (nSPS) is 17.3. The number of amides is 2. The predicted octanol–water partition coefficient (Wildman–Crippen LogP) is 3.39. The number of hydrogen-bond acceptors (Lipinski definition) is 6. The Morgan fingerprint density at radius 1 is 0.892 bits per heavy atom. The number of hydrogen-bond donors (Lipinski definition) is 1. The van der Waals surface area contributed by atoms with Crippen LogP contribution in [0.4, 0.5) is 0 Å². The van der Waals surface area contributed by atoms with Crippen molar-refractivity contribution in [3.8, 4) is 17.2 Å². The van der Waals surface area contributed by atoms with Gasteiger partial charge in [-0.2, -0.15) is 0 Å². The van der Waals surface area contributed by atoms with Crippen molar-refractivity contribution in [3.63, 3.8) is 0 Å². The molecule has 4 rings (SSSR count). The number of ether oxygens (including phenoxy) is 3. The fraction of sp³-hybridized carbons (Fsp3) is 0.517. The monoisotopic (exact) mass is 509 g/mol. The van der Waals surface area contributed by atoms with Gasteiger partial charge in [0.1, 0.15) is 5.75 Å². The molecule has 0 bridgehead atoms. The Hall–Kier alpha value is -3.26. The van der Waals surface area contributed by atoms with E-state index in [9.17, 15) is 9.59 Å². The van der Waals surface area contributed by atoms with Gasteiger partial charge in [-0.15, -0.1) is 0 Å². The molecule has 2 aliphatic rings. The maximum absolute atomic E-state index is 13.4. The van der Waals surface area contributed by atoms with Crippen molar-refractivity contribution in [3.05, 3.63) is 53.6 Å². The van der Waals surface area contributed by atoms with Crippen molar-refractivity contribution in [2.24, 2.45) is 5.92 Å². The molecule has 1 aliphatic carbocycles. The van der Waals surface area contributed by atoms with Crippen LogP contribution in [0.1, 0.15) is 41.6 Å². The Bertz CT molecular complexity index is 1040. The van der Waals surface area contributed by atoms with Crippen LogP contribution in [0.5, 0.6) is 17.2 Å². The summed E-state index contributed by atoms with van der Waals surface area (Å²) in [5, 5.41) is 3.20. The highest BCUT2D eigenvalue weighted by Crippen LogP contribution is 2.32. The third-order valence-corrected chi connectivity index (χ3v) is 7.61. The van der Waals surface area contributed by atoms with E-state index in [1.807, 2.05) is 29.2 Å². The maximum atomic E-state index is 13.4. The second-order valence-electron chi connectivity index (χ2n) is 9.78. The minimum atomic E-state index is -0.142. The van der Waals surface area contributed by atoms with Crippen LogP contribution in [0.3, 0.4) is 0 Å². The van der Waals surface area contributed by atoms with E-state index in [-0.39, 0.29) is 17.9 Å². The third-order valence-electron chi connectivity index (χ3n) is 7.61. The van der Waals surface area contributed by atoms with Crippen LogP contribution in [-0.4, -0.2) is 81.7 Å². The molecule has 0 spiro atoms. The summed E-state index contributed by atoms with van der Waals surface area (Å²) in [6.07, 6.45) is 5.31. The molecule has 8 heteroatoms. The van der Waals surface area contributed by atoms with Gasteiger partial charge in [-0.25, -0.2) is 0 Å².